The van der Waals surface area contributed by atoms with Gasteiger partial charge in [0.1, 0.15) is 6.61 Å². The summed E-state index contributed by atoms with van der Waals surface area (Å²) in [6.45, 7) is 7.22. The Bertz CT molecular complexity index is 818. The van der Waals surface area contributed by atoms with Crippen LogP contribution in [0.1, 0.15) is 25.5 Å². The van der Waals surface area contributed by atoms with Crippen molar-refractivity contribution < 1.29 is 14.3 Å². The zero-order valence-electron chi connectivity index (χ0n) is 13.9. The molecule has 25 heavy (non-hydrogen) atoms. The van der Waals surface area contributed by atoms with E-state index in [1.165, 1.54) is 17.8 Å². The first-order valence-corrected chi connectivity index (χ1v) is 9.02. The van der Waals surface area contributed by atoms with Crippen molar-refractivity contribution in [3.05, 3.63) is 58.8 Å². The Morgan fingerprint density at radius 1 is 1.52 bits per heavy atom. The van der Waals surface area contributed by atoms with Crippen LogP contribution in [0.4, 0.5) is 0 Å². The molecule has 1 aromatic rings. The summed E-state index contributed by atoms with van der Waals surface area (Å²) in [5, 5.41) is 0.877. The van der Waals surface area contributed by atoms with Crippen LogP contribution < -0.4 is 0 Å². The van der Waals surface area contributed by atoms with Gasteiger partial charge in [-0.15, -0.1) is 0 Å². The topological polar surface area (TPSA) is 59.0 Å². The second kappa shape index (κ2) is 7.06. The van der Waals surface area contributed by atoms with Gasteiger partial charge in [-0.1, -0.05) is 48.2 Å². The number of amides is 1. The molecule has 2 heterocycles. The van der Waals surface area contributed by atoms with Gasteiger partial charge in [-0.3, -0.25) is 9.69 Å². The number of rotatable bonds is 4. The van der Waals surface area contributed by atoms with Crippen molar-refractivity contribution in [2.45, 2.75) is 25.1 Å². The van der Waals surface area contributed by atoms with Crippen LogP contribution in [0.2, 0.25) is 5.02 Å². The standard InChI is InChI=1S/C18H17ClN2O3S/c1-4-8-24-17(23)14-10(2)20-18-21(16(22)11(3)25-18)15(14)12-6-5-7-13(19)9-12/h4-7,9,11,15H,1,8H2,2-3H3/t11-,15+/m1/s1. The molecule has 0 saturated carbocycles. The third-order valence-corrected chi connectivity index (χ3v) is 5.26. The first-order chi connectivity index (χ1) is 11.9. The van der Waals surface area contributed by atoms with Crippen LogP contribution in [0.3, 0.4) is 0 Å². The Balaban J connectivity index is 2.13. The fourth-order valence-corrected chi connectivity index (χ4v) is 4.10. The van der Waals surface area contributed by atoms with Crippen LogP contribution in [0.5, 0.6) is 0 Å². The molecule has 1 saturated heterocycles. The zero-order valence-corrected chi connectivity index (χ0v) is 15.4. The minimum Gasteiger partial charge on any atom is -0.458 e. The Morgan fingerprint density at radius 2 is 2.28 bits per heavy atom. The van der Waals surface area contributed by atoms with Crippen LogP contribution in [0.15, 0.2) is 53.2 Å². The van der Waals surface area contributed by atoms with E-state index in [1.807, 2.05) is 13.0 Å². The predicted molar refractivity (Wildman–Crippen MR) is 99.4 cm³/mol. The van der Waals surface area contributed by atoms with Gasteiger partial charge in [-0.05, 0) is 31.5 Å². The molecular formula is C18H17ClN2O3S. The fraction of sp³-hybridized carbons (Fsp3) is 0.278. The number of amidine groups is 1. The summed E-state index contributed by atoms with van der Waals surface area (Å²) in [5.41, 5.74) is 1.63. The van der Waals surface area contributed by atoms with E-state index in [2.05, 4.69) is 11.6 Å². The second-order valence-electron chi connectivity index (χ2n) is 5.71. The molecule has 7 heteroatoms. The van der Waals surface area contributed by atoms with E-state index in [0.717, 1.165) is 5.56 Å². The molecule has 130 valence electrons. The first-order valence-electron chi connectivity index (χ1n) is 7.76. The molecule has 0 aliphatic carbocycles. The van der Waals surface area contributed by atoms with E-state index in [-0.39, 0.29) is 17.8 Å². The van der Waals surface area contributed by atoms with E-state index in [4.69, 9.17) is 16.3 Å². The van der Waals surface area contributed by atoms with Gasteiger partial charge in [0.2, 0.25) is 5.91 Å². The number of carbonyl (C=O) groups excluding carboxylic acids is 2. The quantitative estimate of drug-likeness (QED) is 0.593. The molecule has 0 aromatic heterocycles. The lowest BCUT2D eigenvalue weighted by molar-refractivity contribution is -0.139. The van der Waals surface area contributed by atoms with Crippen molar-refractivity contribution in [2.24, 2.45) is 4.99 Å². The summed E-state index contributed by atoms with van der Waals surface area (Å²) in [6, 6.07) is 6.53. The highest BCUT2D eigenvalue weighted by Gasteiger charge is 2.46. The largest absolute Gasteiger partial charge is 0.458 e. The Kier molecular flexibility index (Phi) is 5.01. The van der Waals surface area contributed by atoms with Crippen molar-refractivity contribution in [2.75, 3.05) is 6.61 Å². The van der Waals surface area contributed by atoms with Gasteiger partial charge >= 0.3 is 5.97 Å². The molecule has 0 N–H and O–H groups in total. The second-order valence-corrected chi connectivity index (χ2v) is 7.45. The molecule has 1 aromatic carbocycles. The van der Waals surface area contributed by atoms with Gasteiger partial charge in [-0.2, -0.15) is 0 Å². The maximum Gasteiger partial charge on any atom is 0.338 e. The third-order valence-electron chi connectivity index (χ3n) is 3.97. The summed E-state index contributed by atoms with van der Waals surface area (Å²) in [5.74, 6) is -0.599. The van der Waals surface area contributed by atoms with E-state index >= 15 is 0 Å². The van der Waals surface area contributed by atoms with Gasteiger partial charge in [0, 0.05) is 5.02 Å². The number of carbonyl (C=O) groups is 2. The number of allylic oxidation sites excluding steroid dienone is 1. The molecule has 3 rings (SSSR count). The number of fused-ring (bicyclic) bond motifs is 1. The number of esters is 1. The Hall–Kier alpha value is -2.05. The monoisotopic (exact) mass is 376 g/mol. The number of nitrogens with zero attached hydrogens (tertiary/aromatic N) is 2. The summed E-state index contributed by atoms with van der Waals surface area (Å²) in [7, 11) is 0. The molecule has 1 fully saturated rings. The number of benzene rings is 1. The lowest BCUT2D eigenvalue weighted by Gasteiger charge is -2.33. The van der Waals surface area contributed by atoms with Crippen molar-refractivity contribution in [1.82, 2.24) is 4.90 Å². The minimum atomic E-state index is -0.603. The van der Waals surface area contributed by atoms with Gasteiger partial charge < -0.3 is 4.74 Å². The summed E-state index contributed by atoms with van der Waals surface area (Å²) in [4.78, 5) is 31.4. The van der Waals surface area contributed by atoms with E-state index in [0.29, 0.717) is 21.5 Å². The molecule has 0 unspecified atom stereocenters. The van der Waals surface area contributed by atoms with Crippen LogP contribution in [-0.2, 0) is 14.3 Å². The van der Waals surface area contributed by atoms with Gasteiger partial charge in [-0.25, -0.2) is 9.79 Å². The number of halogens is 1. The van der Waals surface area contributed by atoms with Gasteiger partial charge in [0.25, 0.3) is 0 Å². The maximum atomic E-state index is 12.7. The smallest absolute Gasteiger partial charge is 0.338 e. The third kappa shape index (κ3) is 3.24. The molecule has 2 atom stereocenters. The molecular weight excluding hydrogens is 360 g/mol. The summed E-state index contributed by atoms with van der Waals surface area (Å²) < 4.78 is 5.23. The number of hydrogen-bond acceptors (Lipinski definition) is 5. The zero-order chi connectivity index (χ0) is 18.1. The molecule has 1 amide bonds. The fourth-order valence-electron chi connectivity index (χ4n) is 2.87. The van der Waals surface area contributed by atoms with Gasteiger partial charge in [0.15, 0.2) is 5.17 Å². The number of ether oxygens (including phenoxy) is 1. The Morgan fingerprint density at radius 3 is 2.96 bits per heavy atom. The van der Waals surface area contributed by atoms with Gasteiger partial charge in [0.05, 0.1) is 22.6 Å². The first kappa shape index (κ1) is 17.8. The van der Waals surface area contributed by atoms with E-state index in [9.17, 15) is 9.59 Å². The highest BCUT2D eigenvalue weighted by molar-refractivity contribution is 8.15. The minimum absolute atomic E-state index is 0.0877. The Labute approximate surface area is 155 Å². The van der Waals surface area contributed by atoms with E-state index < -0.39 is 12.0 Å². The molecule has 2 aliphatic rings. The molecule has 0 spiro atoms. The van der Waals surface area contributed by atoms with Crippen molar-refractivity contribution in [3.8, 4) is 0 Å². The van der Waals surface area contributed by atoms with Crippen molar-refractivity contribution in [1.29, 1.82) is 0 Å². The predicted octanol–water partition coefficient (Wildman–Crippen LogP) is 3.72. The van der Waals surface area contributed by atoms with Crippen molar-refractivity contribution in [3.63, 3.8) is 0 Å². The number of aliphatic imine (C=N–C) groups is 1. The molecule has 2 aliphatic heterocycles. The SMILES string of the molecule is C=CCOC(=O)C1=C(C)N=C2S[C@H](C)C(=O)N2[C@H]1c1cccc(Cl)c1. The number of hydrogen-bond donors (Lipinski definition) is 0. The lowest BCUT2D eigenvalue weighted by atomic mass is 9.94. The molecule has 0 radical (unpaired) electrons. The van der Waals surface area contributed by atoms with Crippen LogP contribution in [0, 0.1) is 0 Å². The lowest BCUT2D eigenvalue weighted by Crippen LogP contribution is -2.40. The van der Waals surface area contributed by atoms with E-state index in [1.54, 1.807) is 30.0 Å². The van der Waals surface area contributed by atoms with Crippen LogP contribution in [-0.4, -0.2) is 33.8 Å². The van der Waals surface area contributed by atoms with Crippen molar-refractivity contribution >= 4 is 40.4 Å². The molecule has 0 bridgehead atoms. The summed E-state index contributed by atoms with van der Waals surface area (Å²) >= 11 is 7.52. The highest BCUT2D eigenvalue weighted by atomic mass is 35.5. The summed E-state index contributed by atoms with van der Waals surface area (Å²) in [6.07, 6.45) is 1.50. The van der Waals surface area contributed by atoms with Crippen LogP contribution in [0.25, 0.3) is 0 Å². The normalized spacial score (nSPS) is 22.6. The molecule has 5 nitrogen and oxygen atoms in total. The number of thioether (sulfide) groups is 1. The van der Waals surface area contributed by atoms with Crippen LogP contribution >= 0.6 is 23.4 Å². The maximum absolute atomic E-state index is 12.7. The highest BCUT2D eigenvalue weighted by Crippen LogP contribution is 2.43. The average molecular weight is 377 g/mol. The average Bonchev–Trinajstić information content (AvgIpc) is 2.85.